The quantitative estimate of drug-likeness (QED) is 0.831. The molecule has 3 rings (SSSR count). The van der Waals surface area contributed by atoms with Crippen LogP contribution >= 0.6 is 11.6 Å². The molecular formula is C17H21ClN2O5S. The summed E-state index contributed by atoms with van der Waals surface area (Å²) in [6.45, 7) is 0.943. The maximum Gasteiger partial charge on any atom is 0.326 e. The molecule has 0 saturated carbocycles. The van der Waals surface area contributed by atoms with Crippen LogP contribution in [-0.4, -0.2) is 60.3 Å². The monoisotopic (exact) mass is 400 g/mol. The average molecular weight is 401 g/mol. The zero-order chi connectivity index (χ0) is 18.9. The van der Waals surface area contributed by atoms with Crippen LogP contribution in [-0.2, 0) is 19.6 Å². The number of halogens is 1. The third-order valence-corrected chi connectivity index (χ3v) is 7.24. The van der Waals surface area contributed by atoms with Crippen LogP contribution in [0.25, 0.3) is 0 Å². The zero-order valence-corrected chi connectivity index (χ0v) is 15.7. The predicted octanol–water partition coefficient (Wildman–Crippen LogP) is 1.82. The van der Waals surface area contributed by atoms with E-state index in [0.717, 1.165) is 0 Å². The smallest absolute Gasteiger partial charge is 0.326 e. The molecule has 0 bridgehead atoms. The summed E-state index contributed by atoms with van der Waals surface area (Å²) in [4.78, 5) is 25.6. The number of amides is 1. The van der Waals surface area contributed by atoms with E-state index in [0.29, 0.717) is 37.3 Å². The van der Waals surface area contributed by atoms with Gasteiger partial charge in [0.25, 0.3) is 0 Å². The van der Waals surface area contributed by atoms with Crippen LogP contribution in [0, 0.1) is 5.92 Å². The molecule has 2 heterocycles. The maximum atomic E-state index is 12.7. The molecule has 1 amide bonds. The number of sulfonamides is 1. The lowest BCUT2D eigenvalue weighted by atomic mass is 9.96. The molecule has 26 heavy (non-hydrogen) atoms. The normalized spacial score (nSPS) is 22.5. The van der Waals surface area contributed by atoms with Crippen molar-refractivity contribution in [3.05, 3.63) is 29.3 Å². The molecular weight excluding hydrogens is 380 g/mol. The van der Waals surface area contributed by atoms with Crippen molar-refractivity contribution in [1.29, 1.82) is 0 Å². The molecule has 142 valence electrons. The number of aliphatic carboxylic acids is 1. The Bertz CT molecular complexity index is 788. The van der Waals surface area contributed by atoms with E-state index in [4.69, 9.17) is 11.6 Å². The molecule has 0 spiro atoms. The van der Waals surface area contributed by atoms with Crippen LogP contribution in [0.2, 0.25) is 5.02 Å². The van der Waals surface area contributed by atoms with Gasteiger partial charge in [0, 0.05) is 30.6 Å². The zero-order valence-electron chi connectivity index (χ0n) is 14.2. The molecule has 1 aromatic carbocycles. The van der Waals surface area contributed by atoms with E-state index in [2.05, 4.69) is 0 Å². The Balaban J connectivity index is 1.64. The third kappa shape index (κ3) is 3.72. The second-order valence-corrected chi connectivity index (χ2v) is 9.03. The molecule has 9 heteroatoms. The molecule has 0 unspecified atom stereocenters. The van der Waals surface area contributed by atoms with Crippen molar-refractivity contribution in [3.8, 4) is 0 Å². The Morgan fingerprint density at radius 1 is 1.04 bits per heavy atom. The molecule has 2 fully saturated rings. The van der Waals surface area contributed by atoms with Gasteiger partial charge >= 0.3 is 5.97 Å². The number of carboxylic acids is 1. The molecule has 0 aromatic heterocycles. The minimum Gasteiger partial charge on any atom is -0.480 e. The van der Waals surface area contributed by atoms with E-state index < -0.39 is 22.0 Å². The highest BCUT2D eigenvalue weighted by Gasteiger charge is 2.39. The summed E-state index contributed by atoms with van der Waals surface area (Å²) in [5.41, 5.74) is 0. The van der Waals surface area contributed by atoms with Crippen molar-refractivity contribution in [3.63, 3.8) is 0 Å². The summed E-state index contributed by atoms with van der Waals surface area (Å²) in [7, 11) is -3.62. The number of carbonyl (C=O) groups is 2. The van der Waals surface area contributed by atoms with Gasteiger partial charge in [0.05, 0.1) is 4.90 Å². The minimum absolute atomic E-state index is 0.168. The summed E-state index contributed by atoms with van der Waals surface area (Å²) >= 11 is 5.81. The van der Waals surface area contributed by atoms with Crippen LogP contribution in [0.5, 0.6) is 0 Å². The fourth-order valence-corrected chi connectivity index (χ4v) is 5.22. The summed E-state index contributed by atoms with van der Waals surface area (Å²) in [5, 5.41) is 9.70. The maximum absolute atomic E-state index is 12.7. The van der Waals surface area contributed by atoms with Crippen molar-refractivity contribution in [2.45, 2.75) is 36.6 Å². The van der Waals surface area contributed by atoms with Crippen LogP contribution < -0.4 is 0 Å². The summed E-state index contributed by atoms with van der Waals surface area (Å²) in [5.74, 6) is -1.47. The molecule has 2 saturated heterocycles. The van der Waals surface area contributed by atoms with E-state index in [1.54, 1.807) is 0 Å². The van der Waals surface area contributed by atoms with Gasteiger partial charge in [-0.05, 0) is 49.9 Å². The van der Waals surface area contributed by atoms with Crippen molar-refractivity contribution >= 4 is 33.5 Å². The van der Waals surface area contributed by atoms with Gasteiger partial charge in [-0.1, -0.05) is 11.6 Å². The van der Waals surface area contributed by atoms with E-state index in [9.17, 15) is 23.1 Å². The van der Waals surface area contributed by atoms with Gasteiger partial charge in [-0.15, -0.1) is 0 Å². The first kappa shape index (κ1) is 19.1. The highest BCUT2D eigenvalue weighted by atomic mass is 35.5. The fraction of sp³-hybridized carbons (Fsp3) is 0.529. The molecule has 1 atom stereocenters. The van der Waals surface area contributed by atoms with Gasteiger partial charge < -0.3 is 10.0 Å². The second-order valence-electron chi connectivity index (χ2n) is 6.66. The Morgan fingerprint density at radius 3 is 2.23 bits per heavy atom. The van der Waals surface area contributed by atoms with Crippen molar-refractivity contribution in [1.82, 2.24) is 9.21 Å². The SMILES string of the molecule is O=C(O)[C@@H]1CCCN1C(=O)C1CCN(S(=O)(=O)c2ccc(Cl)cc2)CC1. The fourth-order valence-electron chi connectivity index (χ4n) is 3.62. The van der Waals surface area contributed by atoms with E-state index in [1.165, 1.54) is 33.5 Å². The highest BCUT2D eigenvalue weighted by molar-refractivity contribution is 7.89. The molecule has 2 aliphatic rings. The summed E-state index contributed by atoms with van der Waals surface area (Å²) in [6, 6.07) is 5.25. The standard InChI is InChI=1S/C17H21ClN2O5S/c18-13-3-5-14(6-4-13)26(24,25)19-10-7-12(8-11-19)16(21)20-9-1-2-15(20)17(22)23/h3-6,12,15H,1-2,7-11H2,(H,22,23)/t15-/m0/s1. The van der Waals surface area contributed by atoms with Gasteiger partial charge in [0.1, 0.15) is 6.04 Å². The van der Waals surface area contributed by atoms with E-state index in [-0.39, 0.29) is 29.8 Å². The minimum atomic E-state index is -3.62. The Morgan fingerprint density at radius 2 is 1.65 bits per heavy atom. The Kier molecular flexibility index (Phi) is 5.55. The lowest BCUT2D eigenvalue weighted by Gasteiger charge is -2.33. The summed E-state index contributed by atoms with van der Waals surface area (Å²) in [6.07, 6.45) is 1.96. The Labute approximate surface area is 157 Å². The van der Waals surface area contributed by atoms with Gasteiger partial charge in [0.15, 0.2) is 0 Å². The van der Waals surface area contributed by atoms with E-state index >= 15 is 0 Å². The highest BCUT2D eigenvalue weighted by Crippen LogP contribution is 2.28. The first-order valence-corrected chi connectivity index (χ1v) is 10.4. The van der Waals surface area contributed by atoms with Crippen LogP contribution in [0.1, 0.15) is 25.7 Å². The van der Waals surface area contributed by atoms with Gasteiger partial charge in [-0.25, -0.2) is 13.2 Å². The van der Waals surface area contributed by atoms with Crippen molar-refractivity contribution in [2.24, 2.45) is 5.92 Å². The van der Waals surface area contributed by atoms with Gasteiger partial charge in [0.2, 0.25) is 15.9 Å². The number of hydrogen-bond acceptors (Lipinski definition) is 4. The number of likely N-dealkylation sites (tertiary alicyclic amines) is 1. The van der Waals surface area contributed by atoms with Crippen molar-refractivity contribution < 1.29 is 23.1 Å². The molecule has 1 N–H and O–H groups in total. The molecule has 0 aliphatic carbocycles. The number of carboxylic acid groups (broad SMARTS) is 1. The molecule has 1 aromatic rings. The first-order chi connectivity index (χ1) is 12.3. The number of nitrogens with zero attached hydrogens (tertiary/aromatic N) is 2. The number of hydrogen-bond donors (Lipinski definition) is 1. The van der Waals surface area contributed by atoms with Gasteiger partial charge in [-0.3, -0.25) is 4.79 Å². The van der Waals surface area contributed by atoms with Gasteiger partial charge in [-0.2, -0.15) is 4.31 Å². The first-order valence-electron chi connectivity index (χ1n) is 8.59. The largest absolute Gasteiger partial charge is 0.480 e. The molecule has 2 aliphatic heterocycles. The lowest BCUT2D eigenvalue weighted by molar-refractivity contribution is -0.150. The van der Waals surface area contributed by atoms with Crippen LogP contribution in [0.3, 0.4) is 0 Å². The van der Waals surface area contributed by atoms with Crippen LogP contribution in [0.4, 0.5) is 0 Å². The topological polar surface area (TPSA) is 95.0 Å². The average Bonchev–Trinajstić information content (AvgIpc) is 3.11. The lowest BCUT2D eigenvalue weighted by Crippen LogP contribution is -2.47. The molecule has 7 nitrogen and oxygen atoms in total. The van der Waals surface area contributed by atoms with E-state index in [1.807, 2.05) is 0 Å². The van der Waals surface area contributed by atoms with Crippen molar-refractivity contribution in [2.75, 3.05) is 19.6 Å². The van der Waals surface area contributed by atoms with Crippen LogP contribution in [0.15, 0.2) is 29.2 Å². The predicted molar refractivity (Wildman–Crippen MR) is 95.3 cm³/mol. The number of benzene rings is 1. The Hall–Kier alpha value is -1.64. The number of carbonyl (C=O) groups excluding carboxylic acids is 1. The number of piperidine rings is 1. The second kappa shape index (κ2) is 7.54. The summed E-state index contributed by atoms with van der Waals surface area (Å²) < 4.78 is 26.7. The number of rotatable bonds is 4. The third-order valence-electron chi connectivity index (χ3n) is 5.08. The molecule has 0 radical (unpaired) electrons.